The number of benzene rings is 2. The topological polar surface area (TPSA) is 54.4 Å². The number of rotatable bonds is 4. The highest BCUT2D eigenvalue weighted by Crippen LogP contribution is 2.45. The van der Waals surface area contributed by atoms with E-state index >= 15 is 0 Å². The summed E-state index contributed by atoms with van der Waals surface area (Å²) < 4.78 is 13.7. The zero-order chi connectivity index (χ0) is 16.4. The lowest BCUT2D eigenvalue weighted by Crippen LogP contribution is -2.29. The van der Waals surface area contributed by atoms with Crippen LogP contribution in [0.15, 0.2) is 54.6 Å². The first-order chi connectivity index (χ1) is 10.2. The molecule has 2 rings (SSSR count). The number of carboxylic acid groups (broad SMARTS) is 1. The molecule has 1 atom stereocenters. The van der Waals surface area contributed by atoms with Crippen molar-refractivity contribution in [1.82, 2.24) is 0 Å². The lowest BCUT2D eigenvalue weighted by atomic mass is 9.87. The fourth-order valence-electron chi connectivity index (χ4n) is 2.60. The molecule has 0 aromatic heterocycles. The average Bonchev–Trinajstić information content (AvgIpc) is 2.46. The molecule has 1 N–H and O–H groups in total. The summed E-state index contributed by atoms with van der Waals surface area (Å²) >= 11 is 0. The standard InChI is InChI=1S/C18H21O3P/c1-18(2,3)15-11-7-8-12-16(15)22(21,13-17(19)20)14-9-5-4-6-10-14/h4-12H,13H2,1-3H3,(H,19,20). The van der Waals surface area contributed by atoms with E-state index in [-0.39, 0.29) is 11.6 Å². The van der Waals surface area contributed by atoms with Crippen molar-refractivity contribution in [3.05, 3.63) is 60.2 Å². The molecule has 0 bridgehead atoms. The first kappa shape index (κ1) is 16.5. The van der Waals surface area contributed by atoms with Gasteiger partial charge in [-0.05, 0) is 11.0 Å². The molecule has 0 saturated heterocycles. The van der Waals surface area contributed by atoms with Gasteiger partial charge in [-0.1, -0.05) is 75.4 Å². The van der Waals surface area contributed by atoms with Gasteiger partial charge >= 0.3 is 5.97 Å². The van der Waals surface area contributed by atoms with Crippen LogP contribution in [0.4, 0.5) is 0 Å². The maximum atomic E-state index is 13.7. The Hall–Kier alpha value is -1.86. The van der Waals surface area contributed by atoms with Crippen LogP contribution in [0.25, 0.3) is 0 Å². The van der Waals surface area contributed by atoms with Gasteiger partial charge in [-0.3, -0.25) is 4.79 Å². The van der Waals surface area contributed by atoms with Crippen molar-refractivity contribution in [2.45, 2.75) is 26.2 Å². The molecule has 0 radical (unpaired) electrons. The van der Waals surface area contributed by atoms with Gasteiger partial charge in [0.1, 0.15) is 6.16 Å². The van der Waals surface area contributed by atoms with Crippen LogP contribution < -0.4 is 10.6 Å². The maximum Gasteiger partial charge on any atom is 0.311 e. The van der Waals surface area contributed by atoms with Crippen LogP contribution in [0.2, 0.25) is 0 Å². The van der Waals surface area contributed by atoms with Crippen LogP contribution in [0.5, 0.6) is 0 Å². The number of aliphatic carboxylic acids is 1. The molecule has 0 spiro atoms. The summed E-state index contributed by atoms with van der Waals surface area (Å²) in [5, 5.41) is 10.5. The van der Waals surface area contributed by atoms with Gasteiger partial charge in [0, 0.05) is 10.6 Å². The summed E-state index contributed by atoms with van der Waals surface area (Å²) in [4.78, 5) is 11.4. The second kappa shape index (κ2) is 6.10. The molecule has 22 heavy (non-hydrogen) atoms. The Morgan fingerprint density at radius 3 is 2.09 bits per heavy atom. The third-order valence-corrected chi connectivity index (χ3v) is 6.65. The SMILES string of the molecule is CC(C)(C)c1ccccc1P(=O)(CC(=O)O)c1ccccc1. The van der Waals surface area contributed by atoms with Gasteiger partial charge in [0.15, 0.2) is 7.14 Å². The van der Waals surface area contributed by atoms with Crippen LogP contribution in [0.1, 0.15) is 26.3 Å². The number of carboxylic acids is 1. The van der Waals surface area contributed by atoms with Gasteiger partial charge in [-0.2, -0.15) is 0 Å². The number of hydrogen-bond donors (Lipinski definition) is 1. The molecule has 0 fully saturated rings. The summed E-state index contributed by atoms with van der Waals surface area (Å²) in [7, 11) is -3.21. The molecule has 2 aromatic rings. The Labute approximate surface area is 131 Å². The van der Waals surface area contributed by atoms with E-state index in [2.05, 4.69) is 0 Å². The number of carbonyl (C=O) groups is 1. The fourth-order valence-corrected chi connectivity index (χ4v) is 5.39. The lowest BCUT2D eigenvalue weighted by molar-refractivity contribution is -0.134. The van der Waals surface area contributed by atoms with Crippen molar-refractivity contribution in [2.75, 3.05) is 6.16 Å². The number of hydrogen-bond acceptors (Lipinski definition) is 2. The van der Waals surface area contributed by atoms with Crippen molar-refractivity contribution in [1.29, 1.82) is 0 Å². The smallest absolute Gasteiger partial charge is 0.311 e. The minimum absolute atomic E-state index is 0.209. The predicted octanol–water partition coefficient (Wildman–Crippen LogP) is 3.38. The van der Waals surface area contributed by atoms with Gasteiger partial charge in [0.25, 0.3) is 0 Å². The average molecular weight is 316 g/mol. The van der Waals surface area contributed by atoms with Gasteiger partial charge in [0.2, 0.25) is 0 Å². The van der Waals surface area contributed by atoms with E-state index in [1.165, 1.54) is 0 Å². The van der Waals surface area contributed by atoms with E-state index in [4.69, 9.17) is 0 Å². The van der Waals surface area contributed by atoms with Crippen molar-refractivity contribution in [3.63, 3.8) is 0 Å². The maximum absolute atomic E-state index is 13.7. The first-order valence-corrected chi connectivity index (χ1v) is 9.11. The van der Waals surface area contributed by atoms with Crippen LogP contribution in [-0.4, -0.2) is 17.2 Å². The summed E-state index contributed by atoms with van der Waals surface area (Å²) in [6, 6.07) is 16.4. The van der Waals surface area contributed by atoms with Crippen LogP contribution in [-0.2, 0) is 14.8 Å². The predicted molar refractivity (Wildman–Crippen MR) is 91.0 cm³/mol. The quantitative estimate of drug-likeness (QED) is 0.880. The van der Waals surface area contributed by atoms with Crippen molar-refractivity contribution >= 4 is 23.7 Å². The molecule has 3 nitrogen and oxygen atoms in total. The van der Waals surface area contributed by atoms with E-state index in [1.807, 2.05) is 45.0 Å². The monoisotopic (exact) mass is 316 g/mol. The minimum atomic E-state index is -3.21. The molecular formula is C18H21O3P. The largest absolute Gasteiger partial charge is 0.481 e. The molecule has 0 aliphatic carbocycles. The van der Waals surface area contributed by atoms with Crippen molar-refractivity contribution in [3.8, 4) is 0 Å². The lowest BCUT2D eigenvalue weighted by Gasteiger charge is -2.27. The highest BCUT2D eigenvalue weighted by atomic mass is 31.2. The molecule has 4 heteroatoms. The molecule has 0 saturated carbocycles. The second-order valence-corrected chi connectivity index (χ2v) is 9.19. The minimum Gasteiger partial charge on any atom is -0.481 e. The summed E-state index contributed by atoms with van der Waals surface area (Å²) in [6.07, 6.45) is -0.371. The van der Waals surface area contributed by atoms with E-state index in [1.54, 1.807) is 30.3 Å². The Balaban J connectivity index is 2.72. The Morgan fingerprint density at radius 1 is 1.00 bits per heavy atom. The third kappa shape index (κ3) is 3.31. The zero-order valence-corrected chi connectivity index (χ0v) is 14.0. The van der Waals surface area contributed by atoms with E-state index < -0.39 is 13.1 Å². The molecule has 0 aliphatic heterocycles. The summed E-state index contributed by atoms with van der Waals surface area (Å²) in [5.41, 5.74) is 0.725. The van der Waals surface area contributed by atoms with Crippen molar-refractivity contribution in [2.24, 2.45) is 0 Å². The van der Waals surface area contributed by atoms with Crippen molar-refractivity contribution < 1.29 is 14.5 Å². The molecule has 1 unspecified atom stereocenters. The van der Waals surface area contributed by atoms with Gasteiger partial charge < -0.3 is 9.67 Å². The van der Waals surface area contributed by atoms with Crippen LogP contribution in [0.3, 0.4) is 0 Å². The molecule has 116 valence electrons. The Kier molecular flexibility index (Phi) is 4.58. The van der Waals surface area contributed by atoms with Gasteiger partial charge in [-0.15, -0.1) is 0 Å². The molecule has 0 amide bonds. The summed E-state index contributed by atoms with van der Waals surface area (Å²) in [6.45, 7) is 6.13. The van der Waals surface area contributed by atoms with E-state index in [0.29, 0.717) is 10.6 Å². The molecule has 0 heterocycles. The normalized spacial score (nSPS) is 14.3. The highest BCUT2D eigenvalue weighted by molar-refractivity contribution is 7.79. The van der Waals surface area contributed by atoms with Gasteiger partial charge in [-0.25, -0.2) is 0 Å². The van der Waals surface area contributed by atoms with E-state index in [9.17, 15) is 14.5 Å². The van der Waals surface area contributed by atoms with Crippen LogP contribution in [0, 0.1) is 0 Å². The second-order valence-electron chi connectivity index (χ2n) is 6.39. The van der Waals surface area contributed by atoms with E-state index in [0.717, 1.165) is 5.56 Å². The van der Waals surface area contributed by atoms with Gasteiger partial charge in [0.05, 0.1) is 0 Å². The third-order valence-electron chi connectivity index (χ3n) is 3.63. The molecule has 2 aromatic carbocycles. The fraction of sp³-hybridized carbons (Fsp3) is 0.278. The molecular weight excluding hydrogens is 295 g/mol. The highest BCUT2D eigenvalue weighted by Gasteiger charge is 2.34. The summed E-state index contributed by atoms with van der Waals surface area (Å²) in [5.74, 6) is -1.05. The first-order valence-electron chi connectivity index (χ1n) is 7.22. The molecule has 0 aliphatic rings. The van der Waals surface area contributed by atoms with Crippen LogP contribution >= 0.6 is 7.14 Å². The zero-order valence-electron chi connectivity index (χ0n) is 13.1. The Morgan fingerprint density at radius 2 is 1.55 bits per heavy atom. The Bertz CT molecular complexity index is 715.